The van der Waals surface area contributed by atoms with Crippen molar-refractivity contribution in [3.8, 4) is 0 Å². The molecule has 2 aromatic rings. The topological polar surface area (TPSA) is 17.8 Å². The zero-order valence-corrected chi connectivity index (χ0v) is 14.2. The van der Waals surface area contributed by atoms with Gasteiger partial charge in [-0.15, -0.1) is 11.6 Å². The molecule has 4 atom stereocenters. The Bertz CT molecular complexity index is 644. The molecule has 0 spiro atoms. The molecule has 0 amide bonds. The summed E-state index contributed by atoms with van der Waals surface area (Å²) >= 11 is 6.45. The first kappa shape index (κ1) is 14.9. The Morgan fingerprint density at radius 1 is 1.38 bits per heavy atom. The summed E-state index contributed by atoms with van der Waals surface area (Å²) in [5, 5.41) is -0.0512. The molecule has 0 N–H and O–H groups in total. The number of aryl methyl sites for hydroxylation is 1. The number of hydrogen-bond donors (Lipinski definition) is 0. The highest BCUT2D eigenvalue weighted by Crippen LogP contribution is 2.44. The van der Waals surface area contributed by atoms with Crippen LogP contribution in [0.25, 0.3) is 11.0 Å². The van der Waals surface area contributed by atoms with Crippen LogP contribution in [0, 0.1) is 18.8 Å². The fraction of sp³-hybridized carbons (Fsp3) is 0.611. The Kier molecular flexibility index (Phi) is 4.00. The fourth-order valence-electron chi connectivity index (χ4n) is 4.07. The van der Waals surface area contributed by atoms with Crippen LogP contribution in [0.1, 0.15) is 62.8 Å². The second-order valence-electron chi connectivity index (χ2n) is 6.57. The summed E-state index contributed by atoms with van der Waals surface area (Å²) in [6, 6.07) is 7.01. The number of aromatic nitrogens is 2. The van der Waals surface area contributed by atoms with Gasteiger partial charge in [0.2, 0.25) is 0 Å². The van der Waals surface area contributed by atoms with Crippen LogP contribution in [0.15, 0.2) is 18.2 Å². The van der Waals surface area contributed by atoms with E-state index in [0.29, 0.717) is 12.0 Å². The number of imidazole rings is 1. The first-order chi connectivity index (χ1) is 10.0. The zero-order chi connectivity index (χ0) is 15.1. The Morgan fingerprint density at radius 2 is 2.14 bits per heavy atom. The molecule has 1 saturated carbocycles. The third-order valence-electron chi connectivity index (χ3n) is 5.34. The van der Waals surface area contributed by atoms with Gasteiger partial charge in [-0.25, -0.2) is 4.98 Å². The van der Waals surface area contributed by atoms with Crippen molar-refractivity contribution in [3.63, 3.8) is 0 Å². The van der Waals surface area contributed by atoms with E-state index in [-0.39, 0.29) is 5.38 Å². The number of para-hydroxylation sites is 1. The molecule has 0 aliphatic heterocycles. The van der Waals surface area contributed by atoms with Crippen LogP contribution in [-0.4, -0.2) is 9.55 Å². The minimum Gasteiger partial charge on any atom is -0.323 e. The van der Waals surface area contributed by atoms with E-state index in [4.69, 9.17) is 16.6 Å². The summed E-state index contributed by atoms with van der Waals surface area (Å²) in [5.41, 5.74) is 3.61. The van der Waals surface area contributed by atoms with E-state index in [1.807, 2.05) is 6.92 Å². The van der Waals surface area contributed by atoms with E-state index in [1.54, 1.807) is 0 Å². The van der Waals surface area contributed by atoms with E-state index in [9.17, 15) is 0 Å². The van der Waals surface area contributed by atoms with Crippen molar-refractivity contribution >= 4 is 22.6 Å². The predicted molar refractivity (Wildman–Crippen MR) is 90.0 cm³/mol. The lowest BCUT2D eigenvalue weighted by Gasteiger charge is -2.24. The first-order valence-electron chi connectivity index (χ1n) is 8.16. The summed E-state index contributed by atoms with van der Waals surface area (Å²) in [6.45, 7) is 8.88. The van der Waals surface area contributed by atoms with Crippen LogP contribution in [0.3, 0.4) is 0 Å². The maximum Gasteiger partial charge on any atom is 0.127 e. The van der Waals surface area contributed by atoms with Gasteiger partial charge in [0.1, 0.15) is 5.82 Å². The molecule has 1 aromatic heterocycles. The van der Waals surface area contributed by atoms with Gasteiger partial charge in [0.25, 0.3) is 0 Å². The van der Waals surface area contributed by atoms with Crippen molar-refractivity contribution in [2.75, 3.05) is 0 Å². The summed E-state index contributed by atoms with van der Waals surface area (Å²) in [7, 11) is 0. The van der Waals surface area contributed by atoms with Crippen molar-refractivity contribution in [3.05, 3.63) is 29.6 Å². The quantitative estimate of drug-likeness (QED) is 0.671. The highest BCUT2D eigenvalue weighted by Gasteiger charge is 2.35. The summed E-state index contributed by atoms with van der Waals surface area (Å²) < 4.78 is 2.44. The number of fused-ring (bicyclic) bond motifs is 1. The van der Waals surface area contributed by atoms with E-state index >= 15 is 0 Å². The second-order valence-corrected chi connectivity index (χ2v) is 7.23. The van der Waals surface area contributed by atoms with Gasteiger partial charge in [0.05, 0.1) is 16.4 Å². The van der Waals surface area contributed by atoms with Crippen LogP contribution in [0.5, 0.6) is 0 Å². The van der Waals surface area contributed by atoms with Crippen LogP contribution >= 0.6 is 11.6 Å². The van der Waals surface area contributed by atoms with Gasteiger partial charge in [0.15, 0.2) is 0 Å². The largest absolute Gasteiger partial charge is 0.323 e. The standard InChI is InChI=1S/C18H25ClN2/c1-5-14-9-10-15(12(14)3)21-16-8-6-7-11(2)17(16)20-18(21)13(4)19/h6-8,12-15H,5,9-10H2,1-4H3. The molecule has 114 valence electrons. The van der Waals surface area contributed by atoms with E-state index in [2.05, 4.69) is 43.5 Å². The van der Waals surface area contributed by atoms with E-state index < -0.39 is 0 Å². The van der Waals surface area contributed by atoms with Crippen molar-refractivity contribution in [1.82, 2.24) is 9.55 Å². The lowest BCUT2D eigenvalue weighted by molar-refractivity contribution is 0.329. The summed E-state index contributed by atoms with van der Waals surface area (Å²) in [4.78, 5) is 4.87. The molecule has 1 aromatic carbocycles. The number of nitrogens with zero attached hydrogens (tertiary/aromatic N) is 2. The molecule has 1 heterocycles. The average molecular weight is 305 g/mol. The van der Waals surface area contributed by atoms with Gasteiger partial charge in [0, 0.05) is 6.04 Å². The van der Waals surface area contributed by atoms with Crippen LogP contribution in [0.4, 0.5) is 0 Å². The maximum absolute atomic E-state index is 6.45. The minimum atomic E-state index is -0.0512. The Morgan fingerprint density at radius 3 is 2.76 bits per heavy atom. The molecule has 0 bridgehead atoms. The van der Waals surface area contributed by atoms with Gasteiger partial charge in [-0.05, 0) is 50.2 Å². The van der Waals surface area contributed by atoms with E-state index in [1.165, 1.54) is 30.3 Å². The fourth-order valence-corrected chi connectivity index (χ4v) is 4.22. The molecule has 0 radical (unpaired) electrons. The first-order valence-corrected chi connectivity index (χ1v) is 8.59. The molecule has 3 heteroatoms. The molecule has 1 aliphatic rings. The molecule has 3 rings (SSSR count). The third kappa shape index (κ3) is 2.38. The van der Waals surface area contributed by atoms with Crippen molar-refractivity contribution in [2.45, 2.75) is 58.4 Å². The maximum atomic E-state index is 6.45. The minimum absolute atomic E-state index is 0.0512. The van der Waals surface area contributed by atoms with Gasteiger partial charge in [-0.2, -0.15) is 0 Å². The lowest BCUT2D eigenvalue weighted by atomic mass is 9.93. The number of hydrogen-bond acceptors (Lipinski definition) is 1. The molecule has 1 aliphatic carbocycles. The van der Waals surface area contributed by atoms with Gasteiger partial charge < -0.3 is 4.57 Å². The molecule has 21 heavy (non-hydrogen) atoms. The van der Waals surface area contributed by atoms with Gasteiger partial charge in [-0.3, -0.25) is 0 Å². The molecule has 1 fully saturated rings. The number of rotatable bonds is 3. The molecule has 2 nitrogen and oxygen atoms in total. The third-order valence-corrected chi connectivity index (χ3v) is 5.54. The average Bonchev–Trinajstić information content (AvgIpc) is 3.00. The predicted octanol–water partition coefficient (Wildman–Crippen LogP) is 5.64. The monoisotopic (exact) mass is 304 g/mol. The molecule has 0 saturated heterocycles. The molecule has 4 unspecified atom stereocenters. The number of benzene rings is 1. The smallest absolute Gasteiger partial charge is 0.127 e. The summed E-state index contributed by atoms with van der Waals surface area (Å²) in [5.74, 6) is 2.56. The summed E-state index contributed by atoms with van der Waals surface area (Å²) in [6.07, 6.45) is 3.84. The highest BCUT2D eigenvalue weighted by molar-refractivity contribution is 6.20. The van der Waals surface area contributed by atoms with Crippen LogP contribution in [-0.2, 0) is 0 Å². The number of alkyl halides is 1. The molecular weight excluding hydrogens is 280 g/mol. The van der Waals surface area contributed by atoms with Gasteiger partial charge in [-0.1, -0.05) is 32.4 Å². The van der Waals surface area contributed by atoms with Gasteiger partial charge >= 0.3 is 0 Å². The second kappa shape index (κ2) is 5.64. The Balaban J connectivity index is 2.17. The normalized spacial score (nSPS) is 27.4. The van der Waals surface area contributed by atoms with Crippen LogP contribution in [0.2, 0.25) is 0 Å². The zero-order valence-electron chi connectivity index (χ0n) is 13.4. The van der Waals surface area contributed by atoms with Crippen molar-refractivity contribution in [2.24, 2.45) is 11.8 Å². The Labute approximate surface area is 132 Å². The highest BCUT2D eigenvalue weighted by atomic mass is 35.5. The van der Waals surface area contributed by atoms with Crippen molar-refractivity contribution < 1.29 is 0 Å². The number of halogens is 1. The Hall–Kier alpha value is -1.02. The van der Waals surface area contributed by atoms with E-state index in [0.717, 1.165) is 17.3 Å². The van der Waals surface area contributed by atoms with Crippen molar-refractivity contribution in [1.29, 1.82) is 0 Å². The van der Waals surface area contributed by atoms with Crippen LogP contribution < -0.4 is 0 Å². The SMILES string of the molecule is CCC1CCC(n2c(C(C)Cl)nc3c(C)cccc32)C1C. The lowest BCUT2D eigenvalue weighted by Crippen LogP contribution is -2.18. The molecular formula is C18H25ClN2.